The van der Waals surface area contributed by atoms with Crippen LogP contribution in [0, 0.1) is 5.92 Å². The Hall–Kier alpha value is -1.07. The number of hydrogen-bond donors (Lipinski definition) is 1. The van der Waals surface area contributed by atoms with Crippen LogP contribution < -0.4 is 5.73 Å². The van der Waals surface area contributed by atoms with E-state index in [9.17, 15) is 4.79 Å². The number of halogens is 1. The van der Waals surface area contributed by atoms with Crippen molar-refractivity contribution in [3.8, 4) is 0 Å². The summed E-state index contributed by atoms with van der Waals surface area (Å²) in [5.74, 6) is 0.0604. The Morgan fingerprint density at radius 2 is 2.25 bits per heavy atom. The van der Waals surface area contributed by atoms with Gasteiger partial charge in [-0.15, -0.1) is 12.4 Å². The van der Waals surface area contributed by atoms with E-state index in [1.54, 1.807) is 18.0 Å². The molecule has 0 unspecified atom stereocenters. The number of amides is 1. The average Bonchev–Trinajstić information content (AvgIpc) is 2.67. The van der Waals surface area contributed by atoms with Gasteiger partial charge >= 0.3 is 0 Å². The lowest BCUT2D eigenvalue weighted by molar-refractivity contribution is -0.132. The molecule has 1 amide bonds. The van der Waals surface area contributed by atoms with Crippen molar-refractivity contribution >= 4 is 18.3 Å². The number of hydrogen-bond acceptors (Lipinski definition) is 4. The van der Waals surface area contributed by atoms with Crippen molar-refractivity contribution in [3.05, 3.63) is 18.0 Å². The zero-order valence-corrected chi connectivity index (χ0v) is 10.5. The van der Waals surface area contributed by atoms with Crippen molar-refractivity contribution in [1.82, 2.24) is 10.1 Å². The van der Waals surface area contributed by atoms with Gasteiger partial charge in [0.25, 0.3) is 0 Å². The molecule has 1 rings (SSSR count). The molecule has 6 heteroatoms. The van der Waals surface area contributed by atoms with Gasteiger partial charge in [-0.3, -0.25) is 4.79 Å². The molecule has 0 fully saturated rings. The van der Waals surface area contributed by atoms with E-state index >= 15 is 0 Å². The van der Waals surface area contributed by atoms with E-state index < -0.39 is 6.04 Å². The predicted molar refractivity (Wildman–Crippen MR) is 63.0 cm³/mol. The summed E-state index contributed by atoms with van der Waals surface area (Å²) in [6, 6.07) is 1.27. The highest BCUT2D eigenvalue weighted by Crippen LogP contribution is 2.05. The molecule has 0 spiro atoms. The zero-order valence-electron chi connectivity index (χ0n) is 9.71. The highest BCUT2D eigenvalue weighted by molar-refractivity contribution is 5.85. The van der Waals surface area contributed by atoms with E-state index in [0.29, 0.717) is 6.54 Å². The maximum absolute atomic E-state index is 11.8. The van der Waals surface area contributed by atoms with Gasteiger partial charge < -0.3 is 15.2 Å². The summed E-state index contributed by atoms with van der Waals surface area (Å²) < 4.78 is 4.68. The van der Waals surface area contributed by atoms with Crippen LogP contribution in [-0.2, 0) is 11.3 Å². The van der Waals surface area contributed by atoms with Gasteiger partial charge in [0, 0.05) is 13.1 Å². The highest BCUT2D eigenvalue weighted by atomic mass is 35.5. The molecular weight excluding hydrogens is 230 g/mol. The summed E-state index contributed by atoms with van der Waals surface area (Å²) in [5.41, 5.74) is 6.48. The van der Waals surface area contributed by atoms with Crippen molar-refractivity contribution in [2.24, 2.45) is 11.7 Å². The first-order chi connectivity index (χ1) is 7.02. The fourth-order valence-electron chi connectivity index (χ4n) is 1.18. The summed E-state index contributed by atoms with van der Waals surface area (Å²) in [6.45, 7) is 4.27. The van der Waals surface area contributed by atoms with Gasteiger partial charge in [0.2, 0.25) is 5.91 Å². The molecule has 1 aromatic heterocycles. The fourth-order valence-corrected chi connectivity index (χ4v) is 1.18. The Bertz CT molecular complexity index is 314. The van der Waals surface area contributed by atoms with E-state index in [2.05, 4.69) is 9.68 Å². The molecule has 0 aromatic carbocycles. The number of nitrogens with two attached hydrogens (primary N) is 1. The third-order valence-corrected chi connectivity index (χ3v) is 2.27. The summed E-state index contributed by atoms with van der Waals surface area (Å²) >= 11 is 0. The monoisotopic (exact) mass is 247 g/mol. The van der Waals surface area contributed by atoms with Crippen LogP contribution in [0.25, 0.3) is 0 Å². The molecule has 0 saturated heterocycles. The van der Waals surface area contributed by atoms with Crippen LogP contribution >= 0.6 is 12.4 Å². The fraction of sp³-hybridized carbons (Fsp3) is 0.600. The molecule has 1 aromatic rings. The highest BCUT2D eigenvalue weighted by Gasteiger charge is 2.21. The van der Waals surface area contributed by atoms with Crippen molar-refractivity contribution in [1.29, 1.82) is 0 Å². The molecule has 5 nitrogen and oxygen atoms in total. The molecule has 0 aliphatic carbocycles. The second-order valence-electron chi connectivity index (χ2n) is 3.95. The topological polar surface area (TPSA) is 72.4 Å². The van der Waals surface area contributed by atoms with Crippen LogP contribution in [0.1, 0.15) is 19.5 Å². The summed E-state index contributed by atoms with van der Waals surface area (Å²) in [4.78, 5) is 13.3. The van der Waals surface area contributed by atoms with E-state index in [1.807, 2.05) is 13.8 Å². The summed E-state index contributed by atoms with van der Waals surface area (Å²) in [7, 11) is 1.71. The Morgan fingerprint density at radius 1 is 1.62 bits per heavy atom. The van der Waals surface area contributed by atoms with Gasteiger partial charge in [-0.1, -0.05) is 19.0 Å². The number of carbonyl (C=O) groups is 1. The molecule has 1 heterocycles. The van der Waals surface area contributed by atoms with Gasteiger partial charge in [-0.2, -0.15) is 0 Å². The van der Waals surface area contributed by atoms with Crippen molar-refractivity contribution < 1.29 is 9.32 Å². The van der Waals surface area contributed by atoms with E-state index in [1.165, 1.54) is 6.26 Å². The molecule has 92 valence electrons. The third-order valence-electron chi connectivity index (χ3n) is 2.27. The van der Waals surface area contributed by atoms with Crippen molar-refractivity contribution in [2.75, 3.05) is 7.05 Å². The van der Waals surface area contributed by atoms with Crippen molar-refractivity contribution in [2.45, 2.75) is 26.4 Å². The smallest absolute Gasteiger partial charge is 0.239 e. The molecule has 16 heavy (non-hydrogen) atoms. The molecule has 0 saturated carbocycles. The minimum atomic E-state index is -0.457. The quantitative estimate of drug-likeness (QED) is 0.863. The predicted octanol–water partition coefficient (Wildman–Crippen LogP) is 1.04. The molecule has 2 N–H and O–H groups in total. The number of aromatic nitrogens is 1. The summed E-state index contributed by atoms with van der Waals surface area (Å²) in [5, 5.41) is 3.73. The maximum Gasteiger partial charge on any atom is 0.239 e. The van der Waals surface area contributed by atoms with Gasteiger partial charge in [-0.25, -0.2) is 0 Å². The largest absolute Gasteiger partial charge is 0.364 e. The average molecular weight is 248 g/mol. The van der Waals surface area contributed by atoms with Gasteiger partial charge in [0.15, 0.2) is 0 Å². The Labute approximate surface area is 101 Å². The van der Waals surface area contributed by atoms with E-state index in [4.69, 9.17) is 5.73 Å². The lowest BCUT2D eigenvalue weighted by Gasteiger charge is -2.22. The Kier molecular flexibility index (Phi) is 6.06. The van der Waals surface area contributed by atoms with Crippen LogP contribution in [0.2, 0.25) is 0 Å². The van der Waals surface area contributed by atoms with E-state index in [-0.39, 0.29) is 24.2 Å². The van der Waals surface area contributed by atoms with Crippen LogP contribution in [0.3, 0.4) is 0 Å². The Morgan fingerprint density at radius 3 is 2.69 bits per heavy atom. The first-order valence-corrected chi connectivity index (χ1v) is 4.92. The first kappa shape index (κ1) is 14.9. The molecular formula is C10H18ClN3O2. The lowest BCUT2D eigenvalue weighted by atomic mass is 10.0. The molecule has 1 atom stereocenters. The second-order valence-corrected chi connectivity index (χ2v) is 3.95. The maximum atomic E-state index is 11.8. The summed E-state index contributed by atoms with van der Waals surface area (Å²) in [6.07, 6.45) is 1.48. The number of carbonyl (C=O) groups excluding carboxylic acids is 1. The number of rotatable bonds is 4. The van der Waals surface area contributed by atoms with Gasteiger partial charge in [0.05, 0.1) is 12.6 Å². The number of likely N-dealkylation sites (N-methyl/N-ethyl adjacent to an activating group) is 1. The van der Waals surface area contributed by atoms with Gasteiger partial charge in [0.1, 0.15) is 12.0 Å². The lowest BCUT2D eigenvalue weighted by Crippen LogP contribution is -2.44. The van der Waals surface area contributed by atoms with Crippen LogP contribution in [-0.4, -0.2) is 29.1 Å². The zero-order chi connectivity index (χ0) is 11.4. The van der Waals surface area contributed by atoms with Crippen LogP contribution in [0.15, 0.2) is 16.9 Å². The number of nitrogens with zero attached hydrogens (tertiary/aromatic N) is 2. The van der Waals surface area contributed by atoms with Gasteiger partial charge in [-0.05, 0) is 5.92 Å². The first-order valence-electron chi connectivity index (χ1n) is 4.92. The minimum Gasteiger partial charge on any atom is -0.364 e. The third kappa shape index (κ3) is 3.83. The normalized spacial score (nSPS) is 12.1. The molecule has 0 radical (unpaired) electrons. The molecule has 0 aliphatic rings. The molecule has 0 aliphatic heterocycles. The van der Waals surface area contributed by atoms with Crippen LogP contribution in [0.5, 0.6) is 0 Å². The Balaban J connectivity index is 0.00000225. The standard InChI is InChI=1S/C10H17N3O2.ClH/c1-7(2)9(11)10(14)13(3)6-8-4-5-15-12-8;/h4-5,7,9H,6,11H2,1-3H3;1H/t9-;/m1./s1. The van der Waals surface area contributed by atoms with E-state index in [0.717, 1.165) is 5.69 Å². The second kappa shape index (κ2) is 6.50. The van der Waals surface area contributed by atoms with Crippen LogP contribution in [0.4, 0.5) is 0 Å². The van der Waals surface area contributed by atoms with Crippen molar-refractivity contribution in [3.63, 3.8) is 0 Å². The minimum absolute atomic E-state index is 0. The molecule has 0 bridgehead atoms. The SMILES string of the molecule is CC(C)[C@@H](N)C(=O)N(C)Cc1ccon1.Cl.